The number of hydrogen-bond acceptors (Lipinski definition) is 3. The Bertz CT molecular complexity index is 375. The Morgan fingerprint density at radius 3 is 3.06 bits per heavy atom. The van der Waals surface area contributed by atoms with Crippen LogP contribution in [0.15, 0.2) is 18.2 Å². The van der Waals surface area contributed by atoms with Crippen LogP contribution in [-0.2, 0) is 4.74 Å². The largest absolute Gasteiger partial charge is 0.394 e. The standard InChI is InChI=1S/C11H13ClFNO2/c12-10-5-8(1-2-11(10)13)14-3-4-16-9(6-14)7-15/h1-2,5,9,15H,3-4,6-7H2. The molecule has 1 aliphatic rings. The summed E-state index contributed by atoms with van der Waals surface area (Å²) in [5.41, 5.74) is 0.855. The summed E-state index contributed by atoms with van der Waals surface area (Å²) in [5.74, 6) is -0.419. The molecule has 0 saturated carbocycles. The van der Waals surface area contributed by atoms with Crippen molar-refractivity contribution >= 4 is 17.3 Å². The van der Waals surface area contributed by atoms with E-state index in [-0.39, 0.29) is 17.7 Å². The molecule has 1 N–H and O–H groups in total. The molecular weight excluding hydrogens is 233 g/mol. The van der Waals surface area contributed by atoms with Gasteiger partial charge in [0.2, 0.25) is 0 Å². The van der Waals surface area contributed by atoms with Crippen LogP contribution in [0.5, 0.6) is 0 Å². The number of ether oxygens (including phenoxy) is 1. The van der Waals surface area contributed by atoms with Gasteiger partial charge in [-0.2, -0.15) is 0 Å². The highest BCUT2D eigenvalue weighted by atomic mass is 35.5. The van der Waals surface area contributed by atoms with E-state index in [9.17, 15) is 4.39 Å². The topological polar surface area (TPSA) is 32.7 Å². The summed E-state index contributed by atoms with van der Waals surface area (Å²) < 4.78 is 18.3. The number of benzene rings is 1. The van der Waals surface area contributed by atoms with Gasteiger partial charge in [0.15, 0.2) is 0 Å². The third-order valence-corrected chi connectivity index (χ3v) is 2.90. The number of halogens is 2. The molecule has 1 unspecified atom stereocenters. The van der Waals surface area contributed by atoms with E-state index in [0.717, 1.165) is 12.2 Å². The van der Waals surface area contributed by atoms with E-state index in [4.69, 9.17) is 21.4 Å². The molecule has 0 aromatic heterocycles. The number of aliphatic hydroxyl groups is 1. The summed E-state index contributed by atoms with van der Waals surface area (Å²) in [6.07, 6.45) is -0.183. The molecule has 1 atom stereocenters. The smallest absolute Gasteiger partial charge is 0.141 e. The number of rotatable bonds is 2. The van der Waals surface area contributed by atoms with Gasteiger partial charge < -0.3 is 14.7 Å². The Morgan fingerprint density at radius 2 is 2.38 bits per heavy atom. The third kappa shape index (κ3) is 2.45. The van der Waals surface area contributed by atoms with Gasteiger partial charge in [-0.05, 0) is 18.2 Å². The first kappa shape index (κ1) is 11.6. The number of morpholine rings is 1. The van der Waals surface area contributed by atoms with Crippen LogP contribution in [0.1, 0.15) is 0 Å². The molecule has 1 fully saturated rings. The van der Waals surface area contributed by atoms with Crippen LogP contribution in [0.2, 0.25) is 5.02 Å². The van der Waals surface area contributed by atoms with Gasteiger partial charge in [-0.15, -0.1) is 0 Å². The maximum Gasteiger partial charge on any atom is 0.141 e. The number of nitrogens with zero attached hydrogens (tertiary/aromatic N) is 1. The van der Waals surface area contributed by atoms with Crippen molar-refractivity contribution in [3.05, 3.63) is 29.0 Å². The molecule has 5 heteroatoms. The molecule has 1 aromatic carbocycles. The Labute approximate surface area is 98.4 Å². The van der Waals surface area contributed by atoms with E-state index in [1.165, 1.54) is 6.07 Å². The van der Waals surface area contributed by atoms with Crippen molar-refractivity contribution < 1.29 is 14.2 Å². The van der Waals surface area contributed by atoms with Gasteiger partial charge in [0.05, 0.1) is 24.3 Å². The molecule has 0 amide bonds. The first-order chi connectivity index (χ1) is 7.70. The van der Waals surface area contributed by atoms with Gasteiger partial charge in [-0.1, -0.05) is 11.6 Å². The first-order valence-corrected chi connectivity index (χ1v) is 5.51. The Kier molecular flexibility index (Phi) is 3.63. The van der Waals surface area contributed by atoms with E-state index in [1.807, 2.05) is 4.90 Å². The van der Waals surface area contributed by atoms with Gasteiger partial charge in [0, 0.05) is 18.8 Å². The zero-order chi connectivity index (χ0) is 11.5. The quantitative estimate of drug-likeness (QED) is 0.861. The zero-order valence-corrected chi connectivity index (χ0v) is 9.45. The van der Waals surface area contributed by atoms with Gasteiger partial charge >= 0.3 is 0 Å². The SMILES string of the molecule is OCC1CN(c2ccc(F)c(Cl)c2)CCO1. The molecule has 3 nitrogen and oxygen atoms in total. The molecule has 1 aromatic rings. The second-order valence-electron chi connectivity index (χ2n) is 3.72. The summed E-state index contributed by atoms with van der Waals surface area (Å²) in [5, 5.41) is 9.13. The minimum absolute atomic E-state index is 0.00851. The van der Waals surface area contributed by atoms with Crippen LogP contribution in [0.4, 0.5) is 10.1 Å². The summed E-state index contributed by atoms with van der Waals surface area (Å²) in [6.45, 7) is 1.86. The second-order valence-corrected chi connectivity index (χ2v) is 4.13. The average Bonchev–Trinajstić information content (AvgIpc) is 2.33. The molecule has 0 bridgehead atoms. The normalized spacial score (nSPS) is 21.2. The monoisotopic (exact) mass is 245 g/mol. The summed E-state index contributed by atoms with van der Waals surface area (Å²) in [7, 11) is 0. The Balaban J connectivity index is 2.13. The maximum atomic E-state index is 13.0. The van der Waals surface area contributed by atoms with Gasteiger partial charge in [0.1, 0.15) is 5.82 Å². The van der Waals surface area contributed by atoms with Gasteiger partial charge in [-0.25, -0.2) is 4.39 Å². The molecule has 0 aliphatic carbocycles. The lowest BCUT2D eigenvalue weighted by molar-refractivity contribution is 0.00357. The highest BCUT2D eigenvalue weighted by Gasteiger charge is 2.20. The minimum atomic E-state index is -0.419. The lowest BCUT2D eigenvalue weighted by Gasteiger charge is -2.33. The van der Waals surface area contributed by atoms with Crippen molar-refractivity contribution in [1.82, 2.24) is 0 Å². The zero-order valence-electron chi connectivity index (χ0n) is 8.70. The van der Waals surface area contributed by atoms with Crippen molar-refractivity contribution in [3.8, 4) is 0 Å². The fourth-order valence-electron chi connectivity index (χ4n) is 1.75. The van der Waals surface area contributed by atoms with Crippen LogP contribution in [0, 0.1) is 5.82 Å². The highest BCUT2D eigenvalue weighted by Crippen LogP contribution is 2.24. The highest BCUT2D eigenvalue weighted by molar-refractivity contribution is 6.31. The average molecular weight is 246 g/mol. The molecule has 2 rings (SSSR count). The van der Waals surface area contributed by atoms with Gasteiger partial charge in [0.25, 0.3) is 0 Å². The summed E-state index contributed by atoms with van der Waals surface area (Å²) >= 11 is 5.72. The first-order valence-electron chi connectivity index (χ1n) is 5.13. The van der Waals surface area contributed by atoms with Crippen molar-refractivity contribution in [2.75, 3.05) is 31.2 Å². The fourth-order valence-corrected chi connectivity index (χ4v) is 1.92. The molecule has 88 valence electrons. The van der Waals surface area contributed by atoms with Crippen LogP contribution >= 0.6 is 11.6 Å². The lowest BCUT2D eigenvalue weighted by atomic mass is 10.2. The van der Waals surface area contributed by atoms with Crippen LogP contribution in [0.25, 0.3) is 0 Å². The van der Waals surface area contributed by atoms with E-state index in [2.05, 4.69) is 0 Å². The molecular formula is C11H13ClFNO2. The Hall–Kier alpha value is -0.840. The molecule has 0 spiro atoms. The predicted octanol–water partition coefficient (Wildman–Crippen LogP) is 1.68. The van der Waals surface area contributed by atoms with Crippen molar-refractivity contribution in [2.24, 2.45) is 0 Å². The minimum Gasteiger partial charge on any atom is -0.394 e. The van der Waals surface area contributed by atoms with Crippen LogP contribution in [-0.4, -0.2) is 37.5 Å². The maximum absolute atomic E-state index is 13.0. The molecule has 0 radical (unpaired) electrons. The van der Waals surface area contributed by atoms with Crippen molar-refractivity contribution in [1.29, 1.82) is 0 Å². The van der Waals surface area contributed by atoms with E-state index < -0.39 is 5.82 Å². The van der Waals surface area contributed by atoms with E-state index >= 15 is 0 Å². The number of anilines is 1. The van der Waals surface area contributed by atoms with E-state index in [1.54, 1.807) is 12.1 Å². The second kappa shape index (κ2) is 4.99. The van der Waals surface area contributed by atoms with Crippen molar-refractivity contribution in [2.45, 2.75) is 6.10 Å². The fraction of sp³-hybridized carbons (Fsp3) is 0.455. The predicted molar refractivity (Wildman–Crippen MR) is 60.4 cm³/mol. The molecule has 1 saturated heterocycles. The Morgan fingerprint density at radius 1 is 1.56 bits per heavy atom. The van der Waals surface area contributed by atoms with Crippen LogP contribution < -0.4 is 4.90 Å². The van der Waals surface area contributed by atoms with Gasteiger partial charge in [-0.3, -0.25) is 0 Å². The number of aliphatic hydroxyl groups excluding tert-OH is 1. The molecule has 16 heavy (non-hydrogen) atoms. The summed E-state index contributed by atoms with van der Waals surface area (Å²) in [4.78, 5) is 2.02. The molecule has 1 heterocycles. The lowest BCUT2D eigenvalue weighted by Crippen LogP contribution is -2.44. The van der Waals surface area contributed by atoms with E-state index in [0.29, 0.717) is 13.2 Å². The third-order valence-electron chi connectivity index (χ3n) is 2.61. The molecule has 1 aliphatic heterocycles. The number of hydrogen-bond donors (Lipinski definition) is 1. The van der Waals surface area contributed by atoms with Crippen molar-refractivity contribution in [3.63, 3.8) is 0 Å². The summed E-state index contributed by atoms with van der Waals surface area (Å²) in [6, 6.07) is 4.62. The van der Waals surface area contributed by atoms with Crippen LogP contribution in [0.3, 0.4) is 0 Å².